The number of aromatic nitrogens is 4. The Morgan fingerprint density at radius 1 is 1.46 bits per heavy atom. The molecule has 1 amide bonds. The maximum atomic E-state index is 12.3. The molecule has 1 unspecified atom stereocenters. The van der Waals surface area contributed by atoms with Crippen LogP contribution in [-0.4, -0.2) is 49.9 Å². The summed E-state index contributed by atoms with van der Waals surface area (Å²) in [6, 6.07) is 2.09. The van der Waals surface area contributed by atoms with E-state index in [0.717, 1.165) is 31.6 Å². The summed E-state index contributed by atoms with van der Waals surface area (Å²) in [6.45, 7) is 8.16. The molecule has 2 aromatic rings. The van der Waals surface area contributed by atoms with Gasteiger partial charge in [0.2, 0.25) is 11.8 Å². The van der Waals surface area contributed by atoms with Crippen molar-refractivity contribution in [3.63, 3.8) is 0 Å². The van der Waals surface area contributed by atoms with E-state index < -0.39 is 0 Å². The maximum absolute atomic E-state index is 12.3. The number of nitrogens with one attached hydrogen (secondary N) is 1. The van der Waals surface area contributed by atoms with Crippen molar-refractivity contribution in [1.29, 1.82) is 0 Å². The zero-order valence-corrected chi connectivity index (χ0v) is 14.4. The van der Waals surface area contributed by atoms with Gasteiger partial charge < -0.3 is 4.52 Å². The number of amides is 1. The largest absolute Gasteiger partial charge is 0.338 e. The van der Waals surface area contributed by atoms with Crippen LogP contribution in [0, 0.1) is 0 Å². The molecule has 0 radical (unpaired) electrons. The topological polar surface area (TPSA) is 89.1 Å². The molecule has 0 aliphatic carbocycles. The Kier molecular flexibility index (Phi) is 4.66. The molecule has 3 heterocycles. The quantitative estimate of drug-likeness (QED) is 0.896. The Labute approximate surface area is 141 Å². The van der Waals surface area contributed by atoms with Gasteiger partial charge >= 0.3 is 0 Å². The van der Waals surface area contributed by atoms with Crippen LogP contribution in [0.25, 0.3) is 0 Å². The predicted octanol–water partition coefficient (Wildman–Crippen LogP) is 1.67. The standard InChI is InChI=1S/C16H24N6O2/c1-16(2,3)13-7-15(24-20-13)19-14(23)9-21-6-4-5-12(21)8-22-11-17-10-18-22/h7,10-12H,4-6,8-9H2,1-3H3,(H,19,23). The van der Waals surface area contributed by atoms with Gasteiger partial charge in [-0.1, -0.05) is 25.9 Å². The van der Waals surface area contributed by atoms with Crippen molar-refractivity contribution in [1.82, 2.24) is 24.8 Å². The van der Waals surface area contributed by atoms with Crippen molar-refractivity contribution in [2.24, 2.45) is 0 Å². The van der Waals surface area contributed by atoms with Crippen molar-refractivity contribution in [2.45, 2.75) is 51.6 Å². The third kappa shape index (κ3) is 4.00. The van der Waals surface area contributed by atoms with Gasteiger partial charge in [0.05, 0.1) is 18.8 Å². The molecule has 24 heavy (non-hydrogen) atoms. The van der Waals surface area contributed by atoms with Crippen molar-refractivity contribution in [3.05, 3.63) is 24.4 Å². The number of likely N-dealkylation sites (tertiary alicyclic amines) is 1. The summed E-state index contributed by atoms with van der Waals surface area (Å²) in [6.07, 6.45) is 5.38. The molecule has 0 spiro atoms. The zero-order chi connectivity index (χ0) is 17.2. The van der Waals surface area contributed by atoms with Crippen LogP contribution in [-0.2, 0) is 16.8 Å². The summed E-state index contributed by atoms with van der Waals surface area (Å²) in [4.78, 5) is 18.4. The second-order valence-electron chi connectivity index (χ2n) is 7.26. The summed E-state index contributed by atoms with van der Waals surface area (Å²) < 4.78 is 7.03. The highest BCUT2D eigenvalue weighted by Crippen LogP contribution is 2.24. The number of carbonyl (C=O) groups excluding carboxylic acids is 1. The molecule has 1 N–H and O–H groups in total. The summed E-state index contributed by atoms with van der Waals surface area (Å²) >= 11 is 0. The summed E-state index contributed by atoms with van der Waals surface area (Å²) in [5, 5.41) is 11.0. The Balaban J connectivity index is 1.55. The van der Waals surface area contributed by atoms with Gasteiger partial charge in [-0.2, -0.15) is 5.10 Å². The number of hydrogen-bond acceptors (Lipinski definition) is 6. The molecule has 1 saturated heterocycles. The van der Waals surface area contributed by atoms with Crippen molar-refractivity contribution >= 4 is 11.8 Å². The molecule has 1 aliphatic heterocycles. The molecule has 0 bridgehead atoms. The van der Waals surface area contributed by atoms with E-state index in [1.807, 2.05) is 4.68 Å². The third-order valence-corrected chi connectivity index (χ3v) is 4.25. The summed E-state index contributed by atoms with van der Waals surface area (Å²) in [7, 11) is 0. The van der Waals surface area contributed by atoms with E-state index in [1.54, 1.807) is 12.4 Å². The Bertz CT molecular complexity index is 673. The molecule has 1 aliphatic rings. The Hall–Kier alpha value is -2.22. The minimum atomic E-state index is -0.107. The SMILES string of the molecule is CC(C)(C)c1cc(NC(=O)CN2CCCC2Cn2cncn2)on1. The molecule has 130 valence electrons. The van der Waals surface area contributed by atoms with Crippen LogP contribution < -0.4 is 5.32 Å². The second kappa shape index (κ2) is 6.72. The fourth-order valence-corrected chi connectivity index (χ4v) is 2.90. The van der Waals surface area contributed by atoms with Gasteiger partial charge in [0, 0.05) is 17.5 Å². The van der Waals surface area contributed by atoms with Crippen LogP contribution in [0.1, 0.15) is 39.3 Å². The first kappa shape index (κ1) is 16.6. The average Bonchev–Trinajstić information content (AvgIpc) is 3.21. The molecule has 1 atom stereocenters. The first-order valence-corrected chi connectivity index (χ1v) is 8.25. The van der Waals surface area contributed by atoms with E-state index in [0.29, 0.717) is 18.5 Å². The van der Waals surface area contributed by atoms with E-state index in [-0.39, 0.29) is 11.3 Å². The molecular formula is C16H24N6O2. The highest BCUT2D eigenvalue weighted by Gasteiger charge is 2.27. The Morgan fingerprint density at radius 2 is 2.29 bits per heavy atom. The monoisotopic (exact) mass is 332 g/mol. The maximum Gasteiger partial charge on any atom is 0.240 e. The molecule has 1 fully saturated rings. The van der Waals surface area contributed by atoms with Crippen LogP contribution >= 0.6 is 0 Å². The zero-order valence-electron chi connectivity index (χ0n) is 14.4. The summed E-state index contributed by atoms with van der Waals surface area (Å²) in [5.74, 6) is 0.314. The lowest BCUT2D eigenvalue weighted by molar-refractivity contribution is -0.117. The highest BCUT2D eigenvalue weighted by atomic mass is 16.5. The van der Waals surface area contributed by atoms with Gasteiger partial charge in [-0.25, -0.2) is 4.98 Å². The molecule has 3 rings (SSSR count). The fourth-order valence-electron chi connectivity index (χ4n) is 2.90. The van der Waals surface area contributed by atoms with E-state index in [4.69, 9.17) is 4.52 Å². The first-order valence-electron chi connectivity index (χ1n) is 8.25. The minimum Gasteiger partial charge on any atom is -0.338 e. The van der Waals surface area contributed by atoms with Crippen molar-refractivity contribution < 1.29 is 9.32 Å². The average molecular weight is 332 g/mol. The lowest BCUT2D eigenvalue weighted by Crippen LogP contribution is -2.39. The normalized spacial score (nSPS) is 18.9. The highest BCUT2D eigenvalue weighted by molar-refractivity contribution is 5.91. The van der Waals surface area contributed by atoms with Gasteiger partial charge in [0.25, 0.3) is 0 Å². The minimum absolute atomic E-state index is 0.0860. The number of hydrogen-bond donors (Lipinski definition) is 1. The van der Waals surface area contributed by atoms with Crippen LogP contribution in [0.2, 0.25) is 0 Å². The number of carbonyl (C=O) groups is 1. The van der Waals surface area contributed by atoms with Gasteiger partial charge in [-0.05, 0) is 19.4 Å². The second-order valence-corrected chi connectivity index (χ2v) is 7.26. The third-order valence-electron chi connectivity index (χ3n) is 4.25. The molecule has 8 nitrogen and oxygen atoms in total. The van der Waals surface area contributed by atoms with Crippen LogP contribution in [0.4, 0.5) is 5.88 Å². The lowest BCUT2D eigenvalue weighted by Gasteiger charge is -2.23. The lowest BCUT2D eigenvalue weighted by atomic mass is 9.92. The predicted molar refractivity (Wildman–Crippen MR) is 88.4 cm³/mol. The molecular weight excluding hydrogens is 308 g/mol. The van der Waals surface area contributed by atoms with E-state index in [1.165, 1.54) is 6.33 Å². The van der Waals surface area contributed by atoms with E-state index >= 15 is 0 Å². The number of anilines is 1. The van der Waals surface area contributed by atoms with Gasteiger partial charge in [-0.3, -0.25) is 19.7 Å². The van der Waals surface area contributed by atoms with Gasteiger partial charge in [-0.15, -0.1) is 0 Å². The number of nitrogens with zero attached hydrogens (tertiary/aromatic N) is 5. The molecule has 2 aromatic heterocycles. The first-order chi connectivity index (χ1) is 11.4. The van der Waals surface area contributed by atoms with Crippen LogP contribution in [0.3, 0.4) is 0 Å². The molecule has 0 saturated carbocycles. The smallest absolute Gasteiger partial charge is 0.240 e. The van der Waals surface area contributed by atoms with E-state index in [2.05, 4.69) is 46.2 Å². The molecule has 0 aromatic carbocycles. The Morgan fingerprint density at radius 3 is 2.96 bits per heavy atom. The fraction of sp³-hybridized carbons (Fsp3) is 0.625. The van der Waals surface area contributed by atoms with Crippen molar-refractivity contribution in [2.75, 3.05) is 18.4 Å². The molecule has 8 heteroatoms. The van der Waals surface area contributed by atoms with Gasteiger partial charge in [0.1, 0.15) is 12.7 Å². The number of rotatable bonds is 5. The summed E-state index contributed by atoms with van der Waals surface area (Å²) in [5.41, 5.74) is 0.715. The van der Waals surface area contributed by atoms with Gasteiger partial charge in [0.15, 0.2) is 0 Å². The van der Waals surface area contributed by atoms with Crippen LogP contribution in [0.5, 0.6) is 0 Å². The van der Waals surface area contributed by atoms with Crippen molar-refractivity contribution in [3.8, 4) is 0 Å². The van der Waals surface area contributed by atoms with Crippen LogP contribution in [0.15, 0.2) is 23.2 Å². The van der Waals surface area contributed by atoms with E-state index in [9.17, 15) is 4.79 Å².